The van der Waals surface area contributed by atoms with E-state index in [1.165, 1.54) is 12.1 Å². The molecular weight excluding hydrogens is 411 g/mol. The second kappa shape index (κ2) is 17.9. The molecule has 1 aromatic rings. The molecule has 1 rings (SSSR count). The fourth-order valence-corrected chi connectivity index (χ4v) is 0.420. The van der Waals surface area contributed by atoms with Gasteiger partial charge < -0.3 is 54.7 Å². The van der Waals surface area contributed by atoms with Crippen molar-refractivity contribution in [2.24, 2.45) is 0 Å². The Balaban J connectivity index is -0.0000000327. The second-order valence-electron chi connectivity index (χ2n) is 1.31. The van der Waals surface area contributed by atoms with E-state index in [2.05, 4.69) is 0 Å². The zero-order valence-corrected chi connectivity index (χ0v) is 12.0. The van der Waals surface area contributed by atoms with Gasteiger partial charge in [-0.2, -0.15) is 0 Å². The van der Waals surface area contributed by atoms with Gasteiger partial charge in [0, 0.05) is 0 Å². The molecule has 0 heterocycles. The fraction of sp³-hybridized carbons (Fsp3) is 0. The molecule has 0 saturated heterocycles. The van der Waals surface area contributed by atoms with E-state index in [0.717, 1.165) is 0 Å². The average molecular weight is 416 g/mol. The van der Waals surface area contributed by atoms with Crippen LogP contribution in [0, 0.1) is 0 Å². The van der Waals surface area contributed by atoms with Crippen LogP contribution in [0.4, 0.5) is 0 Å². The zero-order valence-electron chi connectivity index (χ0n) is 5.75. The largest absolute Gasteiger partial charge is 5.00 e. The molecule has 1 aromatic carbocycles. The Kier molecular flexibility index (Phi) is 43.6. The summed E-state index contributed by atoms with van der Waals surface area (Å²) >= 11 is 0. The molecule has 0 aliphatic rings. The molecule has 68 valence electrons. The predicted molar refractivity (Wildman–Crippen MR) is 25.9 cm³/mol. The van der Waals surface area contributed by atoms with Crippen molar-refractivity contribution in [2.75, 3.05) is 0 Å². The third kappa shape index (κ3) is 13.5. The maximum atomic E-state index is 10.3. The van der Waals surface area contributed by atoms with Crippen LogP contribution in [-0.2, 0) is 22.4 Å². The van der Waals surface area contributed by atoms with Crippen LogP contribution in [0.25, 0.3) is 0 Å². The SMILES string of the molecule is [Cl-].[Cl-].[Cl-].[Cl-].[O-]c1ccccc1.[Ta+5]. The summed E-state index contributed by atoms with van der Waals surface area (Å²) in [6, 6.07) is 8.33. The summed E-state index contributed by atoms with van der Waals surface area (Å²) in [5.74, 6) is 0.0718. The molecular formula is C6H5Cl4OTa. The molecule has 6 heteroatoms. The standard InChI is InChI=1S/C6H6O.4ClH.Ta/c7-6-4-2-1-3-5-6;;;;;/h1-5,7H;4*1H;/q;;;;;+5/p-5. The Bertz CT molecular complexity index is 149. The molecule has 0 bridgehead atoms. The molecule has 0 fully saturated rings. The van der Waals surface area contributed by atoms with Crippen LogP contribution in [0.3, 0.4) is 0 Å². The number of halogens is 4. The summed E-state index contributed by atoms with van der Waals surface area (Å²) in [6.07, 6.45) is 0. The molecule has 1 nitrogen and oxygen atoms in total. The molecule has 0 saturated carbocycles. The van der Waals surface area contributed by atoms with E-state index < -0.39 is 0 Å². The summed E-state index contributed by atoms with van der Waals surface area (Å²) in [5.41, 5.74) is 0. The van der Waals surface area contributed by atoms with Gasteiger partial charge in [-0.05, 0) is 0 Å². The smallest absolute Gasteiger partial charge is 1.00 e. The first-order chi connectivity index (χ1) is 3.39. The van der Waals surface area contributed by atoms with Gasteiger partial charge in [0.05, 0.1) is 0 Å². The van der Waals surface area contributed by atoms with Crippen LogP contribution in [0.5, 0.6) is 5.75 Å². The minimum Gasteiger partial charge on any atom is -1.00 e. The molecule has 0 spiro atoms. The number of hydrogen-bond donors (Lipinski definition) is 0. The summed E-state index contributed by atoms with van der Waals surface area (Å²) < 4.78 is 0. The summed E-state index contributed by atoms with van der Waals surface area (Å²) in [5, 5.41) is 10.3. The number of rotatable bonds is 0. The molecule has 0 radical (unpaired) electrons. The van der Waals surface area contributed by atoms with E-state index in [9.17, 15) is 5.11 Å². The fourth-order valence-electron chi connectivity index (χ4n) is 0.420. The molecule has 0 aliphatic carbocycles. The van der Waals surface area contributed by atoms with E-state index in [4.69, 9.17) is 0 Å². The summed E-state index contributed by atoms with van der Waals surface area (Å²) in [4.78, 5) is 0. The van der Waals surface area contributed by atoms with Gasteiger partial charge in [0.25, 0.3) is 0 Å². The van der Waals surface area contributed by atoms with Crippen molar-refractivity contribution >= 4 is 0 Å². The summed E-state index contributed by atoms with van der Waals surface area (Å²) in [7, 11) is 0. The Morgan fingerprint density at radius 3 is 1.25 bits per heavy atom. The third-order valence-electron chi connectivity index (χ3n) is 0.743. The quantitative estimate of drug-likeness (QED) is 0.413. The van der Waals surface area contributed by atoms with E-state index in [-0.39, 0.29) is 77.8 Å². The number of para-hydroxylation sites is 1. The topological polar surface area (TPSA) is 23.1 Å². The Morgan fingerprint density at radius 1 is 0.750 bits per heavy atom. The third-order valence-corrected chi connectivity index (χ3v) is 0.743. The van der Waals surface area contributed by atoms with Gasteiger partial charge in [-0.3, -0.25) is 0 Å². The minimum absolute atomic E-state index is 0. The Morgan fingerprint density at radius 2 is 1.08 bits per heavy atom. The van der Waals surface area contributed by atoms with Crippen molar-refractivity contribution in [3.05, 3.63) is 30.3 Å². The number of hydrogen-bond acceptors (Lipinski definition) is 1. The van der Waals surface area contributed by atoms with Crippen LogP contribution >= 0.6 is 0 Å². The Labute approximate surface area is 112 Å². The molecule has 0 N–H and O–H groups in total. The maximum absolute atomic E-state index is 10.3. The van der Waals surface area contributed by atoms with Crippen LogP contribution < -0.4 is 54.7 Å². The predicted octanol–water partition coefficient (Wildman–Crippen LogP) is -11.2. The average Bonchev–Trinajstić information content (AvgIpc) is 1.69. The van der Waals surface area contributed by atoms with Crippen molar-refractivity contribution < 1.29 is 77.1 Å². The van der Waals surface area contributed by atoms with Crippen molar-refractivity contribution in [3.8, 4) is 5.75 Å². The van der Waals surface area contributed by atoms with Crippen molar-refractivity contribution in [1.82, 2.24) is 0 Å². The van der Waals surface area contributed by atoms with E-state index in [1.807, 2.05) is 6.07 Å². The number of benzene rings is 1. The first kappa shape index (κ1) is 29.3. The van der Waals surface area contributed by atoms with Gasteiger partial charge in [0.2, 0.25) is 0 Å². The van der Waals surface area contributed by atoms with E-state index in [0.29, 0.717) is 0 Å². The molecule has 0 aromatic heterocycles. The van der Waals surface area contributed by atoms with Gasteiger partial charge in [-0.1, -0.05) is 30.3 Å². The van der Waals surface area contributed by atoms with Gasteiger partial charge in [-0.15, -0.1) is 5.75 Å². The zero-order chi connectivity index (χ0) is 5.11. The summed E-state index contributed by atoms with van der Waals surface area (Å²) in [6.45, 7) is 0. The first-order valence-corrected chi connectivity index (χ1v) is 2.11. The Hall–Kier alpha value is 0.920. The molecule has 0 aliphatic heterocycles. The van der Waals surface area contributed by atoms with Gasteiger partial charge >= 0.3 is 22.4 Å². The molecule has 12 heavy (non-hydrogen) atoms. The second-order valence-corrected chi connectivity index (χ2v) is 1.31. The first-order valence-electron chi connectivity index (χ1n) is 2.11. The molecule has 0 unspecified atom stereocenters. The van der Waals surface area contributed by atoms with E-state index >= 15 is 0 Å². The van der Waals surface area contributed by atoms with Crippen LogP contribution in [-0.4, -0.2) is 0 Å². The van der Waals surface area contributed by atoms with Crippen LogP contribution in [0.1, 0.15) is 0 Å². The van der Waals surface area contributed by atoms with Crippen LogP contribution in [0.15, 0.2) is 30.3 Å². The molecule has 0 amide bonds. The van der Waals surface area contributed by atoms with Crippen LogP contribution in [0.2, 0.25) is 0 Å². The molecule has 0 atom stereocenters. The van der Waals surface area contributed by atoms with Crippen molar-refractivity contribution in [1.29, 1.82) is 0 Å². The van der Waals surface area contributed by atoms with Crippen molar-refractivity contribution in [3.63, 3.8) is 0 Å². The van der Waals surface area contributed by atoms with Crippen molar-refractivity contribution in [2.45, 2.75) is 0 Å². The van der Waals surface area contributed by atoms with Gasteiger partial charge in [0.1, 0.15) is 0 Å². The van der Waals surface area contributed by atoms with E-state index in [1.54, 1.807) is 12.1 Å². The van der Waals surface area contributed by atoms with Gasteiger partial charge in [-0.25, -0.2) is 0 Å². The monoisotopic (exact) mass is 414 g/mol. The normalized spacial score (nSPS) is 5.00. The van der Waals surface area contributed by atoms with Gasteiger partial charge in [0.15, 0.2) is 0 Å². The maximum Gasteiger partial charge on any atom is 5.00 e. The minimum atomic E-state index is 0.